The van der Waals surface area contributed by atoms with Gasteiger partial charge in [-0.1, -0.05) is 23.2 Å². The first kappa shape index (κ1) is 29.6. The van der Waals surface area contributed by atoms with E-state index in [1.807, 2.05) is 52.0 Å². The number of allylic oxidation sites excluding steroid dienone is 3. The molecule has 5 rings (SSSR count). The first-order valence-electron chi connectivity index (χ1n) is 13.6. The summed E-state index contributed by atoms with van der Waals surface area (Å²) in [6.45, 7) is 7.93. The molecule has 0 fully saturated rings. The number of esters is 2. The van der Waals surface area contributed by atoms with Crippen LogP contribution in [0, 0.1) is 13.8 Å². The lowest BCUT2D eigenvalue weighted by Gasteiger charge is -2.05. The second kappa shape index (κ2) is 11.8. The summed E-state index contributed by atoms with van der Waals surface area (Å²) in [7, 11) is 2.76. The summed E-state index contributed by atoms with van der Waals surface area (Å²) < 4.78 is 9.82. The first-order chi connectivity index (χ1) is 20.0. The molecule has 2 N–H and O–H groups in total. The molecule has 0 aromatic carbocycles. The van der Waals surface area contributed by atoms with Crippen LogP contribution in [-0.4, -0.2) is 46.1 Å². The van der Waals surface area contributed by atoms with E-state index in [-0.39, 0.29) is 24.8 Å². The fraction of sp³-hybridized carbons (Fsp3) is 0.312. The van der Waals surface area contributed by atoms with E-state index in [1.165, 1.54) is 14.2 Å². The van der Waals surface area contributed by atoms with E-state index in [2.05, 4.69) is 9.97 Å². The lowest BCUT2D eigenvalue weighted by atomic mass is 10.0. The number of aromatic amines is 2. The van der Waals surface area contributed by atoms with E-state index in [0.29, 0.717) is 45.7 Å². The van der Waals surface area contributed by atoms with Crippen LogP contribution in [0.1, 0.15) is 72.6 Å². The number of carbonyl (C=O) groups is 2. The van der Waals surface area contributed by atoms with Crippen LogP contribution >= 0.6 is 23.2 Å². The molecule has 3 aromatic heterocycles. The molecule has 0 aliphatic carbocycles. The number of hydrogen-bond acceptors (Lipinski definition) is 6. The Bertz CT molecular complexity index is 1860. The van der Waals surface area contributed by atoms with Gasteiger partial charge >= 0.3 is 11.9 Å². The lowest BCUT2D eigenvalue weighted by Crippen LogP contribution is -2.02. The van der Waals surface area contributed by atoms with Gasteiger partial charge in [0.15, 0.2) is 0 Å². The van der Waals surface area contributed by atoms with Gasteiger partial charge in [-0.15, -0.1) is 0 Å². The summed E-state index contributed by atoms with van der Waals surface area (Å²) in [6, 6.07) is 6.00. The van der Waals surface area contributed by atoms with Gasteiger partial charge in [-0.25, -0.2) is 9.97 Å². The average Bonchev–Trinajstić information content (AvgIpc) is 3.70. The van der Waals surface area contributed by atoms with Gasteiger partial charge in [-0.2, -0.15) is 0 Å². The second-order valence-electron chi connectivity index (χ2n) is 10.5. The van der Waals surface area contributed by atoms with Crippen LogP contribution in [0.3, 0.4) is 0 Å². The molecule has 0 atom stereocenters. The summed E-state index contributed by atoms with van der Waals surface area (Å²) in [5.41, 5.74) is 11.4. The number of ether oxygens (including phenoxy) is 2. The van der Waals surface area contributed by atoms with Gasteiger partial charge in [0, 0.05) is 29.4 Å². The Morgan fingerprint density at radius 2 is 1.45 bits per heavy atom. The van der Waals surface area contributed by atoms with Gasteiger partial charge in [0.1, 0.15) is 0 Å². The smallest absolute Gasteiger partial charge is 0.305 e. The van der Waals surface area contributed by atoms with Gasteiger partial charge in [0.25, 0.3) is 0 Å². The highest BCUT2D eigenvalue weighted by Gasteiger charge is 2.23. The zero-order chi connectivity index (χ0) is 30.3. The van der Waals surface area contributed by atoms with Crippen LogP contribution in [-0.2, 0) is 25.5 Å². The normalized spacial score (nSPS) is 12.9. The second-order valence-corrected chi connectivity index (χ2v) is 11.3. The third-order valence-electron chi connectivity index (χ3n) is 7.87. The standard InChI is InChI=1S/C32H32Cl2N4O4/c1-15-11-25-29(33)31-16(2)12-26(38-31)30(34)32-18(4)20(8-10-28(40)42-6)24(37-32)14-23-19(7-9-27(39)41-5)17(3)22(36-23)13-21(15)35-25/h11-14,35-36H,7-10H2,1-6H3. The molecule has 8 nitrogen and oxygen atoms in total. The van der Waals surface area contributed by atoms with Gasteiger partial charge in [0.2, 0.25) is 0 Å². The minimum absolute atomic E-state index is 0.190. The quantitative estimate of drug-likeness (QED) is 0.277. The van der Waals surface area contributed by atoms with Gasteiger partial charge in [-0.05, 0) is 98.2 Å². The van der Waals surface area contributed by atoms with E-state index in [0.717, 1.165) is 55.5 Å². The lowest BCUT2D eigenvalue weighted by molar-refractivity contribution is -0.141. The number of nitrogens with one attached hydrogen (secondary N) is 2. The number of carbonyl (C=O) groups excluding carboxylic acids is 2. The number of rotatable bonds is 6. The predicted molar refractivity (Wildman–Crippen MR) is 168 cm³/mol. The van der Waals surface area contributed by atoms with E-state index < -0.39 is 0 Å². The number of halogens is 2. The average molecular weight is 608 g/mol. The number of aryl methyl sites for hydroxylation is 3. The molecule has 10 heteroatoms. The number of H-pyrrole nitrogens is 2. The molecule has 0 saturated carbocycles. The molecule has 0 saturated heterocycles. The van der Waals surface area contributed by atoms with Crippen LogP contribution < -0.4 is 0 Å². The van der Waals surface area contributed by atoms with Crippen LogP contribution in [0.15, 0.2) is 18.2 Å². The minimum atomic E-state index is -0.313. The van der Waals surface area contributed by atoms with Gasteiger partial charge in [-0.3, -0.25) is 9.59 Å². The van der Waals surface area contributed by atoms with Crippen molar-refractivity contribution < 1.29 is 19.1 Å². The van der Waals surface area contributed by atoms with Crippen molar-refractivity contribution in [2.45, 2.75) is 53.4 Å². The number of hydrogen-bond donors (Lipinski definition) is 2. The van der Waals surface area contributed by atoms with Crippen molar-refractivity contribution in [3.05, 3.63) is 67.7 Å². The van der Waals surface area contributed by atoms with Crippen molar-refractivity contribution >= 4 is 80.0 Å². The SMILES string of the molecule is COC(=O)CCC1=C(C)c2nc1cc1[nH]c(cc3[nH]c(cc3C)c(Cl)c3nc(c2Cl)C=C3C)c(C)c1CCC(=O)OC. The Hall–Kier alpha value is -3.88. The molecular weight excluding hydrogens is 575 g/mol. The molecule has 218 valence electrons. The molecule has 2 aliphatic rings. The van der Waals surface area contributed by atoms with Crippen molar-refractivity contribution in [2.75, 3.05) is 14.2 Å². The highest BCUT2D eigenvalue weighted by Crippen LogP contribution is 2.39. The number of nitrogens with zero attached hydrogens (tertiary/aromatic N) is 2. The molecule has 0 spiro atoms. The maximum atomic E-state index is 12.1. The molecule has 0 unspecified atom stereocenters. The van der Waals surface area contributed by atoms with E-state index >= 15 is 0 Å². The van der Waals surface area contributed by atoms with Crippen LogP contribution in [0.2, 0.25) is 10.0 Å². The predicted octanol–water partition coefficient (Wildman–Crippen LogP) is 7.79. The maximum Gasteiger partial charge on any atom is 0.305 e. The van der Waals surface area contributed by atoms with Crippen LogP contribution in [0.5, 0.6) is 0 Å². The van der Waals surface area contributed by atoms with E-state index in [1.54, 1.807) is 0 Å². The Labute approximate surface area is 253 Å². The molecule has 5 heterocycles. The Morgan fingerprint density at radius 3 is 2.14 bits per heavy atom. The number of aromatic nitrogens is 4. The molecule has 2 aliphatic heterocycles. The van der Waals surface area contributed by atoms with Crippen molar-refractivity contribution in [3.8, 4) is 0 Å². The third kappa shape index (κ3) is 5.49. The number of fused-ring (bicyclic) bond motifs is 8. The first-order valence-corrected chi connectivity index (χ1v) is 14.4. The molecular formula is C32H32Cl2N4O4. The Morgan fingerprint density at radius 1 is 0.786 bits per heavy atom. The van der Waals surface area contributed by atoms with E-state index in [4.69, 9.17) is 42.6 Å². The Balaban J connectivity index is 1.89. The largest absolute Gasteiger partial charge is 0.469 e. The van der Waals surface area contributed by atoms with E-state index in [9.17, 15) is 9.59 Å². The van der Waals surface area contributed by atoms with Gasteiger partial charge in [0.05, 0.1) is 52.6 Å². The fourth-order valence-corrected chi connectivity index (χ4v) is 5.98. The fourth-order valence-electron chi connectivity index (χ4n) is 5.40. The zero-order valence-electron chi connectivity index (χ0n) is 24.4. The van der Waals surface area contributed by atoms with Crippen molar-refractivity contribution in [1.29, 1.82) is 0 Å². The summed E-state index contributed by atoms with van der Waals surface area (Å²) in [6.07, 6.45) is 3.20. The topological polar surface area (TPSA) is 110 Å². The highest BCUT2D eigenvalue weighted by atomic mass is 35.5. The van der Waals surface area contributed by atoms with Crippen LogP contribution in [0.25, 0.3) is 44.9 Å². The van der Waals surface area contributed by atoms with Crippen molar-refractivity contribution in [3.63, 3.8) is 0 Å². The number of methoxy groups -OCH3 is 2. The molecule has 3 aromatic rings. The highest BCUT2D eigenvalue weighted by molar-refractivity contribution is 6.36. The molecule has 42 heavy (non-hydrogen) atoms. The Kier molecular flexibility index (Phi) is 8.30. The van der Waals surface area contributed by atoms with Crippen molar-refractivity contribution in [2.24, 2.45) is 0 Å². The van der Waals surface area contributed by atoms with Gasteiger partial charge < -0.3 is 19.4 Å². The summed E-state index contributed by atoms with van der Waals surface area (Å²) in [4.78, 5) is 40.9. The molecule has 0 radical (unpaired) electrons. The monoisotopic (exact) mass is 606 g/mol. The third-order valence-corrected chi connectivity index (χ3v) is 8.63. The van der Waals surface area contributed by atoms with Crippen LogP contribution in [0.4, 0.5) is 0 Å². The molecule has 0 amide bonds. The summed E-state index contributed by atoms with van der Waals surface area (Å²) in [5.74, 6) is -0.603. The molecule has 8 bridgehead atoms. The minimum Gasteiger partial charge on any atom is -0.469 e. The summed E-state index contributed by atoms with van der Waals surface area (Å²) >= 11 is 13.9. The zero-order valence-corrected chi connectivity index (χ0v) is 25.9. The maximum absolute atomic E-state index is 12.1. The van der Waals surface area contributed by atoms with Crippen molar-refractivity contribution in [1.82, 2.24) is 19.9 Å². The summed E-state index contributed by atoms with van der Waals surface area (Å²) in [5, 5.41) is 0.879.